The van der Waals surface area contributed by atoms with Crippen molar-refractivity contribution in [2.75, 3.05) is 19.8 Å². The zero-order valence-electron chi connectivity index (χ0n) is 8.82. The molecule has 0 bridgehead atoms. The van der Waals surface area contributed by atoms with Gasteiger partial charge in [-0.3, -0.25) is 0 Å². The number of aromatic nitrogens is 2. The van der Waals surface area contributed by atoms with Gasteiger partial charge in [0.1, 0.15) is 0 Å². The topological polar surface area (TPSA) is 74.2 Å². The number of nitrogens with zero attached hydrogens (tertiary/aromatic N) is 2. The summed E-state index contributed by atoms with van der Waals surface area (Å²) < 4.78 is 10.5. The molecule has 84 valence electrons. The van der Waals surface area contributed by atoms with E-state index in [-0.39, 0.29) is 0 Å². The lowest BCUT2D eigenvalue weighted by atomic mass is 9.99. The monoisotopic (exact) mass is 211 g/mol. The molecule has 1 aliphatic rings. The molecule has 1 unspecified atom stereocenters. The van der Waals surface area contributed by atoms with Crippen LogP contribution in [0.2, 0.25) is 0 Å². The Bertz CT molecular complexity index is 295. The van der Waals surface area contributed by atoms with Gasteiger partial charge in [-0.15, -0.1) is 0 Å². The average Bonchev–Trinajstić information content (AvgIpc) is 2.68. The van der Waals surface area contributed by atoms with Gasteiger partial charge in [0.05, 0.1) is 0 Å². The predicted octanol–water partition coefficient (Wildman–Crippen LogP) is 0.540. The first-order valence-corrected chi connectivity index (χ1v) is 5.47. The maximum absolute atomic E-state index is 5.41. The van der Waals surface area contributed by atoms with Crippen molar-refractivity contribution in [3.05, 3.63) is 11.7 Å². The van der Waals surface area contributed by atoms with Gasteiger partial charge in [-0.1, -0.05) is 5.16 Å². The van der Waals surface area contributed by atoms with E-state index in [0.717, 1.165) is 26.1 Å². The van der Waals surface area contributed by atoms with Crippen LogP contribution in [-0.4, -0.2) is 29.9 Å². The van der Waals surface area contributed by atoms with Gasteiger partial charge < -0.3 is 15.0 Å². The lowest BCUT2D eigenvalue weighted by molar-refractivity contribution is 0.0520. The van der Waals surface area contributed by atoms with Crippen LogP contribution < -0.4 is 5.73 Å². The number of nitrogens with two attached hydrogens (primary N) is 1. The molecule has 0 spiro atoms. The third kappa shape index (κ3) is 3.00. The third-order valence-electron chi connectivity index (χ3n) is 2.60. The highest BCUT2D eigenvalue weighted by atomic mass is 16.5. The minimum Gasteiger partial charge on any atom is -0.381 e. The fourth-order valence-electron chi connectivity index (χ4n) is 1.82. The van der Waals surface area contributed by atoms with Crippen LogP contribution in [0.15, 0.2) is 4.52 Å². The van der Waals surface area contributed by atoms with Crippen molar-refractivity contribution < 1.29 is 9.26 Å². The summed E-state index contributed by atoms with van der Waals surface area (Å²) in [4.78, 5) is 4.28. The molecule has 5 nitrogen and oxygen atoms in total. The summed E-state index contributed by atoms with van der Waals surface area (Å²) >= 11 is 0. The second-order valence-corrected chi connectivity index (χ2v) is 3.93. The lowest BCUT2D eigenvalue weighted by Gasteiger charge is -2.20. The molecule has 1 atom stereocenters. The Labute approximate surface area is 89.0 Å². The van der Waals surface area contributed by atoms with Crippen molar-refractivity contribution in [2.45, 2.75) is 25.7 Å². The summed E-state index contributed by atoms with van der Waals surface area (Å²) in [5, 5.41) is 3.86. The maximum atomic E-state index is 5.41. The van der Waals surface area contributed by atoms with Gasteiger partial charge in [0.2, 0.25) is 5.89 Å². The zero-order chi connectivity index (χ0) is 10.5. The fourth-order valence-corrected chi connectivity index (χ4v) is 1.82. The average molecular weight is 211 g/mol. The minimum atomic E-state index is 0.532. The van der Waals surface area contributed by atoms with Gasteiger partial charge in [0.15, 0.2) is 5.82 Å². The highest BCUT2D eigenvalue weighted by Gasteiger charge is 2.17. The Hall–Kier alpha value is -0.940. The molecule has 0 radical (unpaired) electrons. The molecule has 2 rings (SSSR count). The summed E-state index contributed by atoms with van der Waals surface area (Å²) in [7, 11) is 0. The van der Waals surface area contributed by atoms with Crippen LogP contribution in [0.4, 0.5) is 0 Å². The van der Waals surface area contributed by atoms with Crippen LogP contribution in [0.25, 0.3) is 0 Å². The molecular formula is C10H17N3O2. The van der Waals surface area contributed by atoms with E-state index in [0.29, 0.717) is 30.6 Å². The largest absolute Gasteiger partial charge is 0.381 e. The second-order valence-electron chi connectivity index (χ2n) is 3.93. The van der Waals surface area contributed by atoms with Crippen LogP contribution >= 0.6 is 0 Å². The second kappa shape index (κ2) is 5.23. The van der Waals surface area contributed by atoms with Gasteiger partial charge in [0.25, 0.3) is 0 Å². The molecule has 2 heterocycles. The van der Waals surface area contributed by atoms with E-state index < -0.39 is 0 Å². The van der Waals surface area contributed by atoms with Crippen LogP contribution in [0, 0.1) is 5.92 Å². The lowest BCUT2D eigenvalue weighted by Crippen LogP contribution is -2.19. The first kappa shape index (κ1) is 10.6. The van der Waals surface area contributed by atoms with Crippen LogP contribution in [-0.2, 0) is 17.6 Å². The summed E-state index contributed by atoms with van der Waals surface area (Å²) in [5.74, 6) is 1.96. The Morgan fingerprint density at radius 2 is 2.40 bits per heavy atom. The molecule has 0 aliphatic carbocycles. The molecular weight excluding hydrogens is 194 g/mol. The Kier molecular flexibility index (Phi) is 3.69. The number of hydrogen-bond donors (Lipinski definition) is 1. The first-order chi connectivity index (χ1) is 7.38. The Morgan fingerprint density at radius 3 is 3.13 bits per heavy atom. The van der Waals surface area contributed by atoms with Crippen molar-refractivity contribution in [3.63, 3.8) is 0 Å². The van der Waals surface area contributed by atoms with Crippen LogP contribution in [0.5, 0.6) is 0 Å². The van der Waals surface area contributed by atoms with E-state index in [4.69, 9.17) is 15.0 Å². The van der Waals surface area contributed by atoms with Gasteiger partial charge in [-0.2, -0.15) is 4.98 Å². The molecule has 1 aromatic heterocycles. The maximum Gasteiger partial charge on any atom is 0.227 e. The SMILES string of the molecule is NCCc1noc(CC2CCCOC2)n1. The molecule has 1 aliphatic heterocycles. The quantitative estimate of drug-likeness (QED) is 0.786. The summed E-state index contributed by atoms with van der Waals surface area (Å²) in [6, 6.07) is 0. The number of hydrogen-bond acceptors (Lipinski definition) is 5. The fraction of sp³-hybridized carbons (Fsp3) is 0.800. The summed E-state index contributed by atoms with van der Waals surface area (Å²) in [5.41, 5.74) is 5.41. The van der Waals surface area contributed by atoms with Crippen molar-refractivity contribution in [2.24, 2.45) is 11.7 Å². The van der Waals surface area contributed by atoms with Crippen molar-refractivity contribution in [1.29, 1.82) is 0 Å². The van der Waals surface area contributed by atoms with Crippen molar-refractivity contribution in [1.82, 2.24) is 10.1 Å². The Balaban J connectivity index is 1.86. The van der Waals surface area contributed by atoms with Crippen LogP contribution in [0.3, 0.4) is 0 Å². The third-order valence-corrected chi connectivity index (χ3v) is 2.60. The Morgan fingerprint density at radius 1 is 1.47 bits per heavy atom. The summed E-state index contributed by atoms with van der Waals surface area (Å²) in [6.07, 6.45) is 3.84. The standard InChI is InChI=1S/C10H17N3O2/c11-4-3-9-12-10(15-13-9)6-8-2-1-5-14-7-8/h8H,1-7,11H2. The van der Waals surface area contributed by atoms with E-state index in [1.807, 2.05) is 0 Å². The molecule has 5 heteroatoms. The van der Waals surface area contributed by atoms with Crippen molar-refractivity contribution in [3.8, 4) is 0 Å². The first-order valence-electron chi connectivity index (χ1n) is 5.47. The van der Waals surface area contributed by atoms with E-state index in [9.17, 15) is 0 Å². The highest BCUT2D eigenvalue weighted by Crippen LogP contribution is 2.17. The van der Waals surface area contributed by atoms with Gasteiger partial charge >= 0.3 is 0 Å². The molecule has 15 heavy (non-hydrogen) atoms. The zero-order valence-corrected chi connectivity index (χ0v) is 8.82. The van der Waals surface area contributed by atoms with E-state index >= 15 is 0 Å². The highest BCUT2D eigenvalue weighted by molar-refractivity contribution is 4.88. The van der Waals surface area contributed by atoms with Gasteiger partial charge in [-0.25, -0.2) is 0 Å². The molecule has 0 amide bonds. The van der Waals surface area contributed by atoms with Crippen LogP contribution in [0.1, 0.15) is 24.6 Å². The predicted molar refractivity (Wildman–Crippen MR) is 54.3 cm³/mol. The van der Waals surface area contributed by atoms with E-state index in [1.165, 1.54) is 6.42 Å². The van der Waals surface area contributed by atoms with Crippen molar-refractivity contribution >= 4 is 0 Å². The molecule has 0 aromatic carbocycles. The molecule has 1 aromatic rings. The molecule has 1 saturated heterocycles. The molecule has 0 saturated carbocycles. The number of ether oxygens (including phenoxy) is 1. The van der Waals surface area contributed by atoms with Gasteiger partial charge in [0, 0.05) is 26.1 Å². The van der Waals surface area contributed by atoms with Gasteiger partial charge in [-0.05, 0) is 25.3 Å². The van der Waals surface area contributed by atoms with E-state index in [1.54, 1.807) is 0 Å². The normalized spacial score (nSPS) is 21.8. The minimum absolute atomic E-state index is 0.532. The number of rotatable bonds is 4. The summed E-state index contributed by atoms with van der Waals surface area (Å²) in [6.45, 7) is 2.26. The molecule has 2 N–H and O–H groups in total. The molecule has 1 fully saturated rings. The smallest absolute Gasteiger partial charge is 0.227 e. The van der Waals surface area contributed by atoms with E-state index in [2.05, 4.69) is 10.1 Å².